The van der Waals surface area contributed by atoms with Gasteiger partial charge in [0.2, 0.25) is 0 Å². The zero-order valence-corrected chi connectivity index (χ0v) is 9.05. The third-order valence-corrected chi connectivity index (χ3v) is 2.80. The molecular formula is C11H21NO. The minimum atomic E-state index is 0.690. The summed E-state index contributed by atoms with van der Waals surface area (Å²) in [6.07, 6.45) is 4.94. The van der Waals surface area contributed by atoms with Crippen LogP contribution in [0.15, 0.2) is 5.16 Å². The summed E-state index contributed by atoms with van der Waals surface area (Å²) in [5.41, 5.74) is 1.27. The maximum absolute atomic E-state index is 5.09. The van der Waals surface area contributed by atoms with Crippen molar-refractivity contribution in [2.45, 2.75) is 46.5 Å². The Bertz CT molecular complexity index is 175. The van der Waals surface area contributed by atoms with E-state index in [2.05, 4.69) is 19.0 Å². The van der Waals surface area contributed by atoms with Gasteiger partial charge in [-0.05, 0) is 44.4 Å². The second-order valence-corrected chi connectivity index (χ2v) is 4.18. The van der Waals surface area contributed by atoms with E-state index >= 15 is 0 Å². The Kier molecular flexibility index (Phi) is 4.26. The predicted molar refractivity (Wildman–Crippen MR) is 55.9 cm³/mol. The molecule has 1 aliphatic carbocycles. The van der Waals surface area contributed by atoms with E-state index in [0.717, 1.165) is 24.7 Å². The highest BCUT2D eigenvalue weighted by molar-refractivity contribution is 5.84. The predicted octanol–water partition coefficient (Wildman–Crippen LogP) is 3.23. The van der Waals surface area contributed by atoms with Gasteiger partial charge in [0.05, 0.1) is 5.71 Å². The quantitative estimate of drug-likeness (QED) is 0.616. The summed E-state index contributed by atoms with van der Waals surface area (Å²) in [6, 6.07) is 0. The standard InChI is InChI=1S/C11H21NO/c1-4-13-12-11-7-5-6-10(8-11)9(2)3/h9-10H,4-8H2,1-3H3/b12-11-. The lowest BCUT2D eigenvalue weighted by Crippen LogP contribution is -2.19. The fourth-order valence-corrected chi connectivity index (χ4v) is 1.88. The average molecular weight is 183 g/mol. The molecule has 13 heavy (non-hydrogen) atoms. The molecular weight excluding hydrogens is 162 g/mol. The van der Waals surface area contributed by atoms with E-state index in [1.54, 1.807) is 0 Å². The van der Waals surface area contributed by atoms with E-state index < -0.39 is 0 Å². The molecule has 0 aromatic rings. The SMILES string of the molecule is CCO/N=C1/CCCC(C(C)C)C1. The van der Waals surface area contributed by atoms with Gasteiger partial charge in [0.15, 0.2) is 0 Å². The molecule has 0 saturated heterocycles. The van der Waals surface area contributed by atoms with E-state index in [-0.39, 0.29) is 0 Å². The maximum Gasteiger partial charge on any atom is 0.114 e. The van der Waals surface area contributed by atoms with Gasteiger partial charge in [-0.1, -0.05) is 19.0 Å². The van der Waals surface area contributed by atoms with Crippen LogP contribution in [0.25, 0.3) is 0 Å². The van der Waals surface area contributed by atoms with Crippen molar-refractivity contribution in [3.8, 4) is 0 Å². The second kappa shape index (κ2) is 5.25. The molecule has 0 radical (unpaired) electrons. The Hall–Kier alpha value is -0.530. The number of rotatable bonds is 3. The van der Waals surface area contributed by atoms with Crippen molar-refractivity contribution < 1.29 is 4.84 Å². The van der Waals surface area contributed by atoms with Crippen molar-refractivity contribution in [1.82, 2.24) is 0 Å². The summed E-state index contributed by atoms with van der Waals surface area (Å²) in [4.78, 5) is 5.09. The van der Waals surface area contributed by atoms with Crippen LogP contribution in [0.2, 0.25) is 0 Å². The highest BCUT2D eigenvalue weighted by Crippen LogP contribution is 2.28. The Balaban J connectivity index is 2.41. The molecule has 0 amide bonds. The van der Waals surface area contributed by atoms with Crippen LogP contribution in [-0.4, -0.2) is 12.3 Å². The molecule has 0 bridgehead atoms. The first-order valence-electron chi connectivity index (χ1n) is 5.41. The zero-order valence-electron chi connectivity index (χ0n) is 9.05. The number of hydrogen-bond acceptors (Lipinski definition) is 2. The van der Waals surface area contributed by atoms with Crippen molar-refractivity contribution in [3.05, 3.63) is 0 Å². The monoisotopic (exact) mass is 183 g/mol. The summed E-state index contributed by atoms with van der Waals surface area (Å²) < 4.78 is 0. The Labute approximate surface area is 81.3 Å². The van der Waals surface area contributed by atoms with Gasteiger partial charge >= 0.3 is 0 Å². The van der Waals surface area contributed by atoms with Crippen molar-refractivity contribution >= 4 is 5.71 Å². The first-order valence-corrected chi connectivity index (χ1v) is 5.41. The van der Waals surface area contributed by atoms with Gasteiger partial charge in [-0.2, -0.15) is 0 Å². The first kappa shape index (κ1) is 10.6. The second-order valence-electron chi connectivity index (χ2n) is 4.18. The van der Waals surface area contributed by atoms with Gasteiger partial charge in [-0.25, -0.2) is 0 Å². The van der Waals surface area contributed by atoms with Gasteiger partial charge in [0.1, 0.15) is 6.61 Å². The largest absolute Gasteiger partial charge is 0.396 e. The summed E-state index contributed by atoms with van der Waals surface area (Å²) in [6.45, 7) is 7.27. The molecule has 76 valence electrons. The van der Waals surface area contributed by atoms with Gasteiger partial charge in [-0.15, -0.1) is 0 Å². The van der Waals surface area contributed by atoms with Crippen LogP contribution in [0.3, 0.4) is 0 Å². The zero-order chi connectivity index (χ0) is 9.68. The molecule has 1 rings (SSSR count). The van der Waals surface area contributed by atoms with Gasteiger partial charge in [0.25, 0.3) is 0 Å². The average Bonchev–Trinajstić information content (AvgIpc) is 2.15. The van der Waals surface area contributed by atoms with Gasteiger partial charge in [0, 0.05) is 0 Å². The molecule has 0 N–H and O–H groups in total. The molecule has 2 heteroatoms. The minimum Gasteiger partial charge on any atom is -0.396 e. The molecule has 1 aliphatic rings. The van der Waals surface area contributed by atoms with E-state index in [1.807, 2.05) is 6.92 Å². The molecule has 1 atom stereocenters. The first-order chi connectivity index (χ1) is 6.24. The van der Waals surface area contributed by atoms with Gasteiger partial charge < -0.3 is 4.84 Å². The van der Waals surface area contributed by atoms with Crippen LogP contribution in [0.1, 0.15) is 46.5 Å². The van der Waals surface area contributed by atoms with Crippen LogP contribution in [0.5, 0.6) is 0 Å². The normalized spacial score (nSPS) is 26.8. The van der Waals surface area contributed by atoms with E-state index in [9.17, 15) is 0 Å². The van der Waals surface area contributed by atoms with E-state index in [1.165, 1.54) is 18.6 Å². The Morgan fingerprint density at radius 2 is 2.31 bits per heavy atom. The summed E-state index contributed by atoms with van der Waals surface area (Å²) in [7, 11) is 0. The van der Waals surface area contributed by atoms with E-state index in [0.29, 0.717) is 6.61 Å². The van der Waals surface area contributed by atoms with Gasteiger partial charge in [-0.3, -0.25) is 0 Å². The van der Waals surface area contributed by atoms with E-state index in [4.69, 9.17) is 4.84 Å². The summed E-state index contributed by atoms with van der Waals surface area (Å²) >= 11 is 0. The fraction of sp³-hybridized carbons (Fsp3) is 0.909. The van der Waals surface area contributed by atoms with Crippen molar-refractivity contribution in [3.63, 3.8) is 0 Å². The maximum atomic E-state index is 5.09. The molecule has 0 heterocycles. The summed E-state index contributed by atoms with van der Waals surface area (Å²) in [5, 5.41) is 4.15. The lowest BCUT2D eigenvalue weighted by molar-refractivity contribution is 0.155. The minimum absolute atomic E-state index is 0.690. The third-order valence-electron chi connectivity index (χ3n) is 2.80. The third kappa shape index (κ3) is 3.37. The fourth-order valence-electron chi connectivity index (χ4n) is 1.88. The van der Waals surface area contributed by atoms with Crippen LogP contribution in [-0.2, 0) is 4.84 Å². The number of hydrogen-bond donors (Lipinski definition) is 0. The smallest absolute Gasteiger partial charge is 0.114 e. The molecule has 0 aliphatic heterocycles. The molecule has 0 aromatic carbocycles. The topological polar surface area (TPSA) is 21.6 Å². The molecule has 1 unspecified atom stereocenters. The van der Waals surface area contributed by atoms with Crippen molar-refractivity contribution in [1.29, 1.82) is 0 Å². The van der Waals surface area contributed by atoms with Crippen molar-refractivity contribution in [2.75, 3.05) is 6.61 Å². The Morgan fingerprint density at radius 3 is 2.92 bits per heavy atom. The van der Waals surface area contributed by atoms with Crippen LogP contribution in [0, 0.1) is 11.8 Å². The highest BCUT2D eigenvalue weighted by atomic mass is 16.6. The van der Waals surface area contributed by atoms with Crippen LogP contribution >= 0.6 is 0 Å². The lowest BCUT2D eigenvalue weighted by Gasteiger charge is -2.25. The highest BCUT2D eigenvalue weighted by Gasteiger charge is 2.20. The molecule has 0 aromatic heterocycles. The number of nitrogens with zero attached hydrogens (tertiary/aromatic N) is 1. The van der Waals surface area contributed by atoms with Crippen molar-refractivity contribution in [2.24, 2.45) is 17.0 Å². The summed E-state index contributed by atoms with van der Waals surface area (Å²) in [5.74, 6) is 1.61. The molecule has 1 fully saturated rings. The van der Waals surface area contributed by atoms with Crippen LogP contribution < -0.4 is 0 Å². The molecule has 1 saturated carbocycles. The Morgan fingerprint density at radius 1 is 1.54 bits per heavy atom. The molecule has 0 spiro atoms. The number of oxime groups is 1. The molecule has 2 nitrogen and oxygen atoms in total. The van der Waals surface area contributed by atoms with Crippen LogP contribution in [0.4, 0.5) is 0 Å². The lowest BCUT2D eigenvalue weighted by atomic mass is 9.81.